The van der Waals surface area contributed by atoms with Crippen molar-refractivity contribution in [3.05, 3.63) is 66.6 Å². The molecule has 3 aromatic heterocycles. The number of aromatic hydroxyl groups is 1. The number of pyridine rings is 1. The number of furan rings is 1. The molecule has 1 aromatic carbocycles. The van der Waals surface area contributed by atoms with Gasteiger partial charge in [0.15, 0.2) is 28.8 Å². The number of fused-ring (bicyclic) bond motifs is 1. The summed E-state index contributed by atoms with van der Waals surface area (Å²) in [4.78, 5) is 9.21. The van der Waals surface area contributed by atoms with Crippen molar-refractivity contribution in [2.24, 2.45) is 4.99 Å². The van der Waals surface area contributed by atoms with Crippen LogP contribution in [0.25, 0.3) is 17.1 Å². The summed E-state index contributed by atoms with van der Waals surface area (Å²) in [6.45, 7) is 0. The normalized spacial score (nSPS) is 11.4. The Kier molecular flexibility index (Phi) is 3.70. The van der Waals surface area contributed by atoms with Crippen molar-refractivity contribution in [3.8, 4) is 23.0 Å². The van der Waals surface area contributed by atoms with E-state index >= 15 is 0 Å². The Bertz CT molecular complexity index is 1050. The maximum absolute atomic E-state index is 9.70. The number of nitrogens with zero attached hydrogens (tertiary/aromatic N) is 3. The number of hydrogen-bond acceptors (Lipinski definition) is 5. The lowest BCUT2D eigenvalue weighted by molar-refractivity contribution is 0.373. The van der Waals surface area contributed by atoms with E-state index in [1.165, 1.54) is 7.11 Å². The lowest BCUT2D eigenvalue weighted by Crippen LogP contribution is -1.88. The molecule has 3 heterocycles. The van der Waals surface area contributed by atoms with Crippen LogP contribution in [0.2, 0.25) is 0 Å². The highest BCUT2D eigenvalue weighted by molar-refractivity contribution is 5.85. The lowest BCUT2D eigenvalue weighted by Gasteiger charge is -2.03. The molecule has 1 N–H and O–H groups in total. The van der Waals surface area contributed by atoms with E-state index in [2.05, 4.69) is 9.98 Å². The molecule has 4 rings (SSSR count). The number of rotatable bonds is 4. The fourth-order valence-corrected chi connectivity index (χ4v) is 2.60. The van der Waals surface area contributed by atoms with Crippen LogP contribution in [-0.2, 0) is 0 Å². The van der Waals surface area contributed by atoms with Crippen LogP contribution in [-0.4, -0.2) is 27.8 Å². The Morgan fingerprint density at radius 2 is 2.12 bits per heavy atom. The summed E-state index contributed by atoms with van der Waals surface area (Å²) in [5.41, 5.74) is 2.24. The maximum atomic E-state index is 9.70. The Hall–Kier alpha value is -3.54. The molecule has 0 saturated carbocycles. The number of aliphatic imine (C=N–C) groups is 1. The number of imidazole rings is 1. The minimum Gasteiger partial charge on any atom is -0.504 e. The molecule has 0 spiro atoms. The molecule has 0 saturated heterocycles. The minimum atomic E-state index is 0.0886. The zero-order valence-electron chi connectivity index (χ0n) is 13.5. The van der Waals surface area contributed by atoms with Crippen molar-refractivity contribution in [1.29, 1.82) is 0 Å². The van der Waals surface area contributed by atoms with E-state index < -0.39 is 0 Å². The van der Waals surface area contributed by atoms with Gasteiger partial charge >= 0.3 is 0 Å². The third kappa shape index (κ3) is 2.74. The fourth-order valence-electron chi connectivity index (χ4n) is 2.60. The number of ether oxygens (including phenoxy) is 1. The SMILES string of the molecule is COc1cc(C=Nc2c(-c3ccco3)nc3ccccn23)ccc1O. The second-order valence-corrected chi connectivity index (χ2v) is 5.38. The minimum absolute atomic E-state index is 0.0886. The van der Waals surface area contributed by atoms with Gasteiger partial charge < -0.3 is 14.3 Å². The Labute approximate surface area is 143 Å². The highest BCUT2D eigenvalue weighted by Gasteiger charge is 2.15. The van der Waals surface area contributed by atoms with Gasteiger partial charge in [0.25, 0.3) is 0 Å². The standard InChI is InChI=1S/C19H15N3O3/c1-24-16-11-13(7-8-14(16)23)12-20-19-18(15-5-4-10-25-15)21-17-6-2-3-9-22(17)19/h2-12,23H,1H3. The van der Waals surface area contributed by atoms with Gasteiger partial charge in [0.05, 0.1) is 13.4 Å². The van der Waals surface area contributed by atoms with Crippen LogP contribution >= 0.6 is 0 Å². The molecule has 0 aliphatic carbocycles. The van der Waals surface area contributed by atoms with Gasteiger partial charge in [-0.2, -0.15) is 0 Å². The topological polar surface area (TPSA) is 72.3 Å². The second-order valence-electron chi connectivity index (χ2n) is 5.38. The van der Waals surface area contributed by atoms with Crippen molar-refractivity contribution in [1.82, 2.24) is 9.38 Å². The van der Waals surface area contributed by atoms with Gasteiger partial charge in [0.2, 0.25) is 0 Å². The molecule has 6 nitrogen and oxygen atoms in total. The smallest absolute Gasteiger partial charge is 0.168 e. The lowest BCUT2D eigenvalue weighted by atomic mass is 10.2. The molecule has 0 aliphatic rings. The first-order valence-electron chi connectivity index (χ1n) is 7.68. The summed E-state index contributed by atoms with van der Waals surface area (Å²) >= 11 is 0. The van der Waals surface area contributed by atoms with Crippen LogP contribution in [0, 0.1) is 0 Å². The summed E-state index contributed by atoms with van der Waals surface area (Å²) in [6, 6.07) is 14.5. The molecule has 124 valence electrons. The van der Waals surface area contributed by atoms with Crippen LogP contribution in [0.15, 0.2) is 70.4 Å². The largest absolute Gasteiger partial charge is 0.504 e. The molecular weight excluding hydrogens is 318 g/mol. The summed E-state index contributed by atoms with van der Waals surface area (Å²) < 4.78 is 12.5. The molecule has 0 amide bonds. The molecule has 0 aliphatic heterocycles. The van der Waals surface area contributed by atoms with Crippen molar-refractivity contribution in [2.45, 2.75) is 0 Å². The van der Waals surface area contributed by atoms with Gasteiger partial charge in [0.1, 0.15) is 5.65 Å². The van der Waals surface area contributed by atoms with Gasteiger partial charge in [-0.25, -0.2) is 9.98 Å². The Balaban J connectivity index is 1.82. The third-order valence-corrected chi connectivity index (χ3v) is 3.80. The van der Waals surface area contributed by atoms with E-state index in [0.717, 1.165) is 11.2 Å². The molecule has 6 heteroatoms. The molecule has 0 fully saturated rings. The number of phenolic OH excluding ortho intramolecular Hbond substituents is 1. The van der Waals surface area contributed by atoms with Crippen molar-refractivity contribution in [2.75, 3.05) is 7.11 Å². The zero-order chi connectivity index (χ0) is 17.2. The quantitative estimate of drug-likeness (QED) is 0.572. The molecule has 0 atom stereocenters. The van der Waals surface area contributed by atoms with Gasteiger partial charge in [-0.3, -0.25) is 4.40 Å². The average Bonchev–Trinajstić information content (AvgIpc) is 3.28. The van der Waals surface area contributed by atoms with Crippen LogP contribution in [0.5, 0.6) is 11.5 Å². The highest BCUT2D eigenvalue weighted by Crippen LogP contribution is 2.31. The van der Waals surface area contributed by atoms with Crippen molar-refractivity contribution < 1.29 is 14.3 Å². The van der Waals surface area contributed by atoms with E-state index in [1.807, 2.05) is 40.9 Å². The first kappa shape index (κ1) is 15.0. The Morgan fingerprint density at radius 3 is 2.92 bits per heavy atom. The summed E-state index contributed by atoms with van der Waals surface area (Å²) in [6.07, 6.45) is 5.21. The van der Waals surface area contributed by atoms with Crippen molar-refractivity contribution in [3.63, 3.8) is 0 Å². The number of benzene rings is 1. The number of phenols is 1. The number of hydrogen-bond donors (Lipinski definition) is 1. The highest BCUT2D eigenvalue weighted by atomic mass is 16.5. The monoisotopic (exact) mass is 333 g/mol. The van der Waals surface area contributed by atoms with Gasteiger partial charge in [-0.05, 0) is 48.0 Å². The summed E-state index contributed by atoms with van der Waals surface area (Å²) in [5.74, 6) is 1.80. The zero-order valence-corrected chi connectivity index (χ0v) is 13.5. The van der Waals surface area contributed by atoms with Crippen LogP contribution in [0.1, 0.15) is 5.56 Å². The van der Waals surface area contributed by atoms with E-state index in [4.69, 9.17) is 9.15 Å². The van der Waals surface area contributed by atoms with E-state index in [-0.39, 0.29) is 5.75 Å². The van der Waals surface area contributed by atoms with E-state index in [9.17, 15) is 5.11 Å². The van der Waals surface area contributed by atoms with Gasteiger partial charge in [-0.1, -0.05) is 6.07 Å². The number of methoxy groups -OCH3 is 1. The molecule has 0 unspecified atom stereocenters. The van der Waals surface area contributed by atoms with Gasteiger partial charge in [-0.15, -0.1) is 0 Å². The van der Waals surface area contributed by atoms with E-state index in [1.54, 1.807) is 30.7 Å². The van der Waals surface area contributed by atoms with Crippen LogP contribution in [0.4, 0.5) is 5.82 Å². The average molecular weight is 333 g/mol. The van der Waals surface area contributed by atoms with Crippen LogP contribution in [0.3, 0.4) is 0 Å². The molecular formula is C19H15N3O3. The predicted molar refractivity (Wildman–Crippen MR) is 94.8 cm³/mol. The number of aromatic nitrogens is 2. The van der Waals surface area contributed by atoms with Crippen LogP contribution < -0.4 is 4.74 Å². The van der Waals surface area contributed by atoms with Gasteiger partial charge in [0, 0.05) is 12.4 Å². The fraction of sp³-hybridized carbons (Fsp3) is 0.0526. The molecule has 0 radical (unpaired) electrons. The first-order chi connectivity index (χ1) is 12.3. The molecule has 0 bridgehead atoms. The molecule has 4 aromatic rings. The third-order valence-electron chi connectivity index (χ3n) is 3.80. The van der Waals surface area contributed by atoms with E-state index in [0.29, 0.717) is 23.0 Å². The molecule has 25 heavy (non-hydrogen) atoms. The second kappa shape index (κ2) is 6.16. The first-order valence-corrected chi connectivity index (χ1v) is 7.68. The summed E-state index contributed by atoms with van der Waals surface area (Å²) in [5, 5.41) is 9.70. The van der Waals surface area contributed by atoms with Crippen molar-refractivity contribution >= 4 is 17.7 Å². The maximum Gasteiger partial charge on any atom is 0.168 e. The Morgan fingerprint density at radius 1 is 1.20 bits per heavy atom. The summed E-state index contributed by atoms with van der Waals surface area (Å²) in [7, 11) is 1.51. The predicted octanol–water partition coefficient (Wildman–Crippen LogP) is 4.06.